The molecule has 0 aliphatic heterocycles. The van der Waals surface area contributed by atoms with Crippen LogP contribution < -0.4 is 5.32 Å². The molecule has 7 heteroatoms. The number of likely N-dealkylation sites (N-methyl/N-ethyl adjacent to an activating group) is 1. The number of anilines is 1. The van der Waals surface area contributed by atoms with E-state index in [9.17, 15) is 14.7 Å². The molecule has 1 rings (SSSR count). The van der Waals surface area contributed by atoms with Gasteiger partial charge in [-0.3, -0.25) is 0 Å². The monoisotopic (exact) mass is 300 g/mol. The summed E-state index contributed by atoms with van der Waals surface area (Å²) in [5.74, 6) is -1.19. The number of hydrogen-bond acceptors (Lipinski definition) is 3. The number of amides is 2. The lowest BCUT2D eigenvalue weighted by atomic mass is 10.1. The van der Waals surface area contributed by atoms with Gasteiger partial charge in [0, 0.05) is 12.1 Å². The number of halogens is 1. The van der Waals surface area contributed by atoms with Crippen molar-refractivity contribution in [1.82, 2.24) is 4.90 Å². The Labute approximate surface area is 122 Å². The standard InChI is InChI=1S/C13H17ClN2O4/c1-13(2,20)7-16(3)12(19)15-10-5-4-8(14)6-9(10)11(17)18/h4-6,20H,7H2,1-3H3,(H,15,19)(H,17,18). The number of carbonyl (C=O) groups is 2. The van der Waals surface area contributed by atoms with Crippen LogP contribution in [0, 0.1) is 0 Å². The molecule has 0 atom stereocenters. The van der Waals surface area contributed by atoms with Crippen LogP contribution in [0.1, 0.15) is 24.2 Å². The SMILES string of the molecule is CN(CC(C)(C)O)C(=O)Nc1ccc(Cl)cc1C(=O)O. The lowest BCUT2D eigenvalue weighted by molar-refractivity contribution is 0.0550. The quantitative estimate of drug-likeness (QED) is 0.795. The summed E-state index contributed by atoms with van der Waals surface area (Å²) in [5, 5.41) is 21.5. The number of nitrogens with one attached hydrogen (secondary N) is 1. The normalized spacial score (nSPS) is 11.1. The molecule has 110 valence electrons. The van der Waals surface area contributed by atoms with Crippen LogP contribution in [0.4, 0.5) is 10.5 Å². The lowest BCUT2D eigenvalue weighted by Gasteiger charge is -2.26. The molecule has 20 heavy (non-hydrogen) atoms. The molecule has 0 aromatic heterocycles. The minimum absolute atomic E-state index is 0.0949. The van der Waals surface area contributed by atoms with Crippen LogP contribution in [0.15, 0.2) is 18.2 Å². The molecule has 0 unspecified atom stereocenters. The maximum Gasteiger partial charge on any atom is 0.337 e. The number of urea groups is 1. The van der Waals surface area contributed by atoms with Crippen molar-refractivity contribution >= 4 is 29.3 Å². The van der Waals surface area contributed by atoms with E-state index in [1.54, 1.807) is 13.8 Å². The van der Waals surface area contributed by atoms with Gasteiger partial charge in [-0.15, -0.1) is 0 Å². The van der Waals surface area contributed by atoms with E-state index in [1.165, 1.54) is 30.1 Å². The summed E-state index contributed by atoms with van der Waals surface area (Å²) >= 11 is 5.73. The van der Waals surface area contributed by atoms with E-state index in [2.05, 4.69) is 5.32 Å². The van der Waals surface area contributed by atoms with Crippen molar-refractivity contribution in [3.63, 3.8) is 0 Å². The van der Waals surface area contributed by atoms with E-state index in [4.69, 9.17) is 16.7 Å². The predicted octanol–water partition coefficient (Wildman–Crippen LogP) is 2.27. The summed E-state index contributed by atoms with van der Waals surface area (Å²) in [7, 11) is 1.50. The smallest absolute Gasteiger partial charge is 0.337 e. The van der Waals surface area contributed by atoms with Crippen LogP contribution in [-0.2, 0) is 0 Å². The van der Waals surface area contributed by atoms with Gasteiger partial charge in [0.25, 0.3) is 0 Å². The fraction of sp³-hybridized carbons (Fsp3) is 0.385. The summed E-state index contributed by atoms with van der Waals surface area (Å²) in [6.45, 7) is 3.25. The number of benzene rings is 1. The molecular weight excluding hydrogens is 284 g/mol. The Bertz CT molecular complexity index is 526. The minimum atomic E-state index is -1.19. The summed E-state index contributed by atoms with van der Waals surface area (Å²) in [5.41, 5.74) is -0.987. The van der Waals surface area contributed by atoms with Crippen molar-refractivity contribution in [2.45, 2.75) is 19.4 Å². The van der Waals surface area contributed by atoms with Crippen molar-refractivity contribution in [3.05, 3.63) is 28.8 Å². The van der Waals surface area contributed by atoms with Gasteiger partial charge in [0.1, 0.15) is 0 Å². The van der Waals surface area contributed by atoms with E-state index in [0.717, 1.165) is 0 Å². The fourth-order valence-electron chi connectivity index (χ4n) is 1.67. The Morgan fingerprint density at radius 1 is 1.40 bits per heavy atom. The van der Waals surface area contributed by atoms with Crippen molar-refractivity contribution < 1.29 is 19.8 Å². The van der Waals surface area contributed by atoms with Crippen LogP contribution in [0.2, 0.25) is 5.02 Å². The summed E-state index contributed by atoms with van der Waals surface area (Å²) in [6.07, 6.45) is 0. The molecule has 1 aromatic rings. The largest absolute Gasteiger partial charge is 0.478 e. The highest BCUT2D eigenvalue weighted by atomic mass is 35.5. The maximum absolute atomic E-state index is 11.9. The Kier molecular flexibility index (Phi) is 4.97. The van der Waals surface area contributed by atoms with Crippen molar-refractivity contribution in [3.8, 4) is 0 Å². The number of carboxylic acids is 1. The number of aromatic carboxylic acids is 1. The highest BCUT2D eigenvalue weighted by Gasteiger charge is 2.20. The summed E-state index contributed by atoms with van der Waals surface area (Å²) in [4.78, 5) is 24.3. The van der Waals surface area contributed by atoms with Crippen molar-refractivity contribution in [2.24, 2.45) is 0 Å². The molecule has 0 radical (unpaired) electrons. The highest BCUT2D eigenvalue weighted by molar-refractivity contribution is 6.31. The van der Waals surface area contributed by atoms with Crippen LogP contribution in [0.5, 0.6) is 0 Å². The van der Waals surface area contributed by atoms with E-state index in [0.29, 0.717) is 0 Å². The molecular formula is C13H17ClN2O4. The number of carboxylic acid groups (broad SMARTS) is 1. The van der Waals surface area contributed by atoms with E-state index >= 15 is 0 Å². The molecule has 0 saturated heterocycles. The zero-order chi connectivity index (χ0) is 15.5. The zero-order valence-corrected chi connectivity index (χ0v) is 12.2. The molecule has 0 saturated carbocycles. The van der Waals surface area contributed by atoms with Gasteiger partial charge in [-0.05, 0) is 32.0 Å². The number of aliphatic hydroxyl groups is 1. The van der Waals surface area contributed by atoms with Gasteiger partial charge >= 0.3 is 12.0 Å². The second kappa shape index (κ2) is 6.11. The highest BCUT2D eigenvalue weighted by Crippen LogP contribution is 2.21. The van der Waals surface area contributed by atoms with Crippen molar-refractivity contribution in [2.75, 3.05) is 18.9 Å². The minimum Gasteiger partial charge on any atom is -0.478 e. The van der Waals surface area contributed by atoms with Gasteiger partial charge in [0.05, 0.1) is 23.4 Å². The number of carbonyl (C=O) groups excluding carboxylic acids is 1. The van der Waals surface area contributed by atoms with Gasteiger partial charge in [0.15, 0.2) is 0 Å². The third-order valence-electron chi connectivity index (χ3n) is 2.42. The number of rotatable bonds is 4. The third-order valence-corrected chi connectivity index (χ3v) is 2.66. The molecule has 1 aromatic carbocycles. The molecule has 6 nitrogen and oxygen atoms in total. The van der Waals surface area contributed by atoms with Crippen LogP contribution in [0.25, 0.3) is 0 Å². The average Bonchev–Trinajstić information content (AvgIpc) is 2.28. The zero-order valence-electron chi connectivity index (χ0n) is 11.5. The summed E-state index contributed by atoms with van der Waals surface area (Å²) < 4.78 is 0. The fourth-order valence-corrected chi connectivity index (χ4v) is 1.84. The lowest BCUT2D eigenvalue weighted by Crippen LogP contribution is -2.41. The first kappa shape index (κ1) is 16.3. The Morgan fingerprint density at radius 3 is 2.50 bits per heavy atom. The Morgan fingerprint density at radius 2 is 2.00 bits per heavy atom. The molecule has 0 bridgehead atoms. The van der Waals surface area contributed by atoms with Crippen LogP contribution >= 0.6 is 11.6 Å². The first-order valence-electron chi connectivity index (χ1n) is 5.87. The van der Waals surface area contributed by atoms with Crippen LogP contribution in [-0.4, -0.2) is 46.3 Å². The average molecular weight is 301 g/mol. The van der Waals surface area contributed by atoms with Gasteiger partial charge in [-0.2, -0.15) is 0 Å². The predicted molar refractivity (Wildman–Crippen MR) is 76.4 cm³/mol. The molecule has 0 aliphatic carbocycles. The topological polar surface area (TPSA) is 89.9 Å². The first-order chi connectivity index (χ1) is 9.10. The van der Waals surface area contributed by atoms with Gasteiger partial charge < -0.3 is 20.4 Å². The molecule has 0 spiro atoms. The van der Waals surface area contributed by atoms with Gasteiger partial charge in [-0.1, -0.05) is 11.6 Å². The molecule has 3 N–H and O–H groups in total. The van der Waals surface area contributed by atoms with Crippen molar-refractivity contribution in [1.29, 1.82) is 0 Å². The molecule has 0 aliphatic rings. The maximum atomic E-state index is 11.9. The summed E-state index contributed by atoms with van der Waals surface area (Å²) in [6, 6.07) is 3.65. The Hall–Kier alpha value is -1.79. The molecule has 0 fully saturated rings. The van der Waals surface area contributed by atoms with Gasteiger partial charge in [0.2, 0.25) is 0 Å². The first-order valence-corrected chi connectivity index (χ1v) is 6.25. The van der Waals surface area contributed by atoms with Crippen LogP contribution in [0.3, 0.4) is 0 Å². The molecule has 0 heterocycles. The Balaban J connectivity index is 2.88. The van der Waals surface area contributed by atoms with E-state index in [1.807, 2.05) is 0 Å². The molecule has 2 amide bonds. The number of hydrogen-bond donors (Lipinski definition) is 3. The van der Waals surface area contributed by atoms with E-state index in [-0.39, 0.29) is 22.8 Å². The second-order valence-electron chi connectivity index (χ2n) is 5.09. The van der Waals surface area contributed by atoms with Gasteiger partial charge in [-0.25, -0.2) is 9.59 Å². The van der Waals surface area contributed by atoms with E-state index < -0.39 is 17.6 Å². The number of nitrogens with zero attached hydrogens (tertiary/aromatic N) is 1. The second-order valence-corrected chi connectivity index (χ2v) is 5.53. The third kappa shape index (κ3) is 4.71.